The van der Waals surface area contributed by atoms with Gasteiger partial charge in [0.15, 0.2) is 25.5 Å². The molecule has 428 valence electrons. The Bertz CT molecular complexity index is 3390. The molecule has 4 heterocycles. The number of hydrogen-bond acceptors (Lipinski definition) is 17. The molecule has 0 spiro atoms. The van der Waals surface area contributed by atoms with Crippen LogP contribution in [-0.2, 0) is 79.2 Å². The predicted octanol–water partition coefficient (Wildman–Crippen LogP) is 6.17. The van der Waals surface area contributed by atoms with Gasteiger partial charge < -0.3 is 53.4 Å². The van der Waals surface area contributed by atoms with Gasteiger partial charge in [0.25, 0.3) is 5.91 Å². The monoisotopic (exact) mass is 1160 g/mol. The highest BCUT2D eigenvalue weighted by atomic mass is 32.2. The van der Waals surface area contributed by atoms with Gasteiger partial charge in [-0.25, -0.2) is 50.8 Å². The molecule has 0 saturated carbocycles. The lowest BCUT2D eigenvalue weighted by atomic mass is 10.2. The number of imidazole rings is 2. The van der Waals surface area contributed by atoms with E-state index in [2.05, 4.69) is 25.9 Å². The molecule has 4 aromatic heterocycles. The van der Waals surface area contributed by atoms with Gasteiger partial charge in [0.2, 0.25) is 11.6 Å². The van der Waals surface area contributed by atoms with Crippen molar-refractivity contribution in [3.63, 3.8) is 0 Å². The van der Waals surface area contributed by atoms with Gasteiger partial charge in [0.05, 0.1) is 57.0 Å². The number of carbonyl (C=O) groups excluding carboxylic acids is 5. The normalized spacial score (nSPS) is 11.4. The van der Waals surface area contributed by atoms with Crippen molar-refractivity contribution in [2.75, 3.05) is 59.6 Å². The van der Waals surface area contributed by atoms with Gasteiger partial charge in [-0.3, -0.25) is 15.4 Å². The van der Waals surface area contributed by atoms with E-state index < -0.39 is 104 Å². The molecule has 0 radical (unpaired) electrons. The fourth-order valence-corrected chi connectivity index (χ4v) is 8.58. The molecule has 0 aliphatic rings. The van der Waals surface area contributed by atoms with Crippen molar-refractivity contribution < 1.29 is 96.0 Å². The number of nitrogen functional groups attached to an aromatic ring is 1. The molecule has 2 aromatic carbocycles. The van der Waals surface area contributed by atoms with E-state index in [-0.39, 0.29) is 56.6 Å². The summed E-state index contributed by atoms with van der Waals surface area (Å²) in [4.78, 5) is 77.5. The van der Waals surface area contributed by atoms with Crippen LogP contribution in [0.4, 0.5) is 58.9 Å². The van der Waals surface area contributed by atoms with E-state index >= 15 is 0 Å². The molecule has 0 aliphatic heterocycles. The van der Waals surface area contributed by atoms with E-state index in [4.69, 9.17) is 29.8 Å². The highest BCUT2D eigenvalue weighted by molar-refractivity contribution is 7.91. The van der Waals surface area contributed by atoms with Crippen LogP contribution in [0.25, 0.3) is 0 Å². The fraction of sp³-hybridized carbons (Fsp3) is 0.304. The summed E-state index contributed by atoms with van der Waals surface area (Å²) in [6.07, 6.45) is -5.51. The second kappa shape index (κ2) is 26.4. The highest BCUT2D eigenvalue weighted by Gasteiger charge is 2.32. The van der Waals surface area contributed by atoms with Gasteiger partial charge >= 0.3 is 42.4 Å². The first kappa shape index (κ1) is 62.7. The van der Waals surface area contributed by atoms with Gasteiger partial charge in [0, 0.05) is 53.0 Å². The minimum Gasteiger partial charge on any atom is -0.477 e. The molecule has 79 heavy (non-hydrogen) atoms. The zero-order valence-electron chi connectivity index (χ0n) is 42.3. The summed E-state index contributed by atoms with van der Waals surface area (Å²) >= 11 is 0. The smallest absolute Gasteiger partial charge is 0.416 e. The Balaban J connectivity index is 0.000000291. The molecule has 0 unspecified atom stereocenters. The number of ether oxygens (including phenoxy) is 4. The molecule has 0 fully saturated rings. The third-order valence-corrected chi connectivity index (χ3v) is 13.5. The summed E-state index contributed by atoms with van der Waals surface area (Å²) in [5, 5.41) is 16.0. The van der Waals surface area contributed by atoms with Crippen LogP contribution in [0.3, 0.4) is 0 Å². The maximum atomic E-state index is 12.7. The Kier molecular flexibility index (Phi) is 21.0. The van der Waals surface area contributed by atoms with Crippen molar-refractivity contribution in [3.05, 3.63) is 120 Å². The van der Waals surface area contributed by atoms with Crippen LogP contribution in [0, 0.1) is 0 Å². The quantitative estimate of drug-likeness (QED) is 0.0387. The number of aromatic nitrogens is 6. The summed E-state index contributed by atoms with van der Waals surface area (Å²) in [5.74, 6) is -3.57. The van der Waals surface area contributed by atoms with Crippen LogP contribution in [0.1, 0.15) is 67.2 Å². The number of nitrogens with one attached hydrogen (secondary N) is 3. The number of aromatic carboxylic acids is 1. The third kappa shape index (κ3) is 18.1. The maximum Gasteiger partial charge on any atom is 0.416 e. The molecule has 25 nitrogen and oxygen atoms in total. The Hall–Kier alpha value is -8.88. The first-order valence-electron chi connectivity index (χ1n) is 22.5. The number of carboxylic acid groups (broad SMARTS) is 1. The van der Waals surface area contributed by atoms with Gasteiger partial charge in [-0.15, -0.1) is 0 Å². The zero-order chi connectivity index (χ0) is 59.2. The minimum absolute atomic E-state index is 0.00975. The Morgan fingerprint density at radius 2 is 0.962 bits per heavy atom. The number of amides is 3. The van der Waals surface area contributed by atoms with Crippen LogP contribution in [-0.4, -0.2) is 124 Å². The predicted molar refractivity (Wildman–Crippen MR) is 265 cm³/mol. The van der Waals surface area contributed by atoms with Gasteiger partial charge in [-0.05, 0) is 74.5 Å². The summed E-state index contributed by atoms with van der Waals surface area (Å²) in [6.45, 7) is 2.76. The average Bonchev–Trinajstić information content (AvgIpc) is 4.12. The second-order valence-corrected chi connectivity index (χ2v) is 20.2. The molecule has 0 saturated heterocycles. The number of halogens is 6. The van der Waals surface area contributed by atoms with Crippen LogP contribution in [0.2, 0.25) is 0 Å². The number of sulfone groups is 2. The third-order valence-electron chi connectivity index (χ3n) is 10.1. The largest absolute Gasteiger partial charge is 0.477 e. The van der Waals surface area contributed by atoms with Crippen molar-refractivity contribution in [2.24, 2.45) is 28.2 Å². The number of aryl methyl sites for hydroxylation is 4. The van der Waals surface area contributed by atoms with E-state index in [1.807, 2.05) is 0 Å². The topological polar surface area (TPSA) is 335 Å². The Labute approximate surface area is 445 Å². The lowest BCUT2D eigenvalue weighted by molar-refractivity contribution is -0.138. The molecular formula is C46H50F6N10O15S2. The summed E-state index contributed by atoms with van der Waals surface area (Å²) in [6, 6.07) is 8.42. The number of alkyl halides is 6. The van der Waals surface area contributed by atoms with Crippen LogP contribution in [0.15, 0.2) is 95.2 Å². The first-order chi connectivity index (χ1) is 36.8. The lowest BCUT2D eigenvalue weighted by Gasteiger charge is -2.09. The van der Waals surface area contributed by atoms with Crippen molar-refractivity contribution in [3.8, 4) is 0 Å². The average molecular weight is 1160 g/mol. The maximum absolute atomic E-state index is 12.7. The number of nitrogens with two attached hydrogens (primary N) is 1. The van der Waals surface area contributed by atoms with Crippen molar-refractivity contribution >= 4 is 78.7 Å². The van der Waals surface area contributed by atoms with Gasteiger partial charge in [-0.1, -0.05) is 0 Å². The SMILES string of the molecule is CCOC(=O)c1nc(N)cn1C.CCOC(=O)c1nc(NC(=O)c2cc(NC(=O)OCCS(=O)(=O)c3ccc(C(F)(F)F)cc3)cn2C)cn1C.Cn1cc(NC(=O)OCCS(=O)(=O)c2ccc(C(F)(F)F)cc2)cc1C(=O)O. The van der Waals surface area contributed by atoms with Crippen LogP contribution >= 0.6 is 0 Å². The molecule has 3 amide bonds. The number of carbonyl (C=O) groups is 6. The number of anilines is 4. The van der Waals surface area contributed by atoms with Crippen molar-refractivity contribution in [2.45, 2.75) is 36.0 Å². The van der Waals surface area contributed by atoms with E-state index in [1.165, 1.54) is 63.1 Å². The fourth-order valence-electron chi connectivity index (χ4n) is 6.41. The molecule has 33 heteroatoms. The number of rotatable bonds is 17. The molecule has 6 aromatic rings. The Morgan fingerprint density at radius 1 is 0.570 bits per heavy atom. The summed E-state index contributed by atoms with van der Waals surface area (Å²) < 4.78 is 149. The van der Waals surface area contributed by atoms with Gasteiger partial charge in [-0.2, -0.15) is 26.3 Å². The molecule has 0 aliphatic carbocycles. The summed E-state index contributed by atoms with van der Waals surface area (Å²) in [5.41, 5.74) is 3.72. The highest BCUT2D eigenvalue weighted by Crippen LogP contribution is 2.31. The minimum atomic E-state index is -4.60. The second-order valence-electron chi connectivity index (χ2n) is 16.0. The van der Waals surface area contributed by atoms with Gasteiger partial charge in [0.1, 0.15) is 30.4 Å². The summed E-state index contributed by atoms with van der Waals surface area (Å²) in [7, 11) is -1.74. The lowest BCUT2D eigenvalue weighted by Crippen LogP contribution is -2.19. The molecule has 6 N–H and O–H groups in total. The number of nitrogens with zero attached hydrogens (tertiary/aromatic N) is 6. The number of benzene rings is 2. The van der Waals surface area contributed by atoms with E-state index in [0.29, 0.717) is 36.7 Å². The van der Waals surface area contributed by atoms with Crippen molar-refractivity contribution in [1.82, 2.24) is 28.2 Å². The molecule has 0 atom stereocenters. The molecule has 6 rings (SSSR count). The Morgan fingerprint density at radius 3 is 1.33 bits per heavy atom. The van der Waals surface area contributed by atoms with Crippen LogP contribution in [0.5, 0.6) is 0 Å². The van der Waals surface area contributed by atoms with E-state index in [1.54, 1.807) is 34.1 Å². The number of esters is 2. The number of hydrogen-bond donors (Lipinski definition) is 5. The van der Waals surface area contributed by atoms with Crippen molar-refractivity contribution in [1.29, 1.82) is 0 Å². The molecular weight excluding hydrogens is 1110 g/mol. The first-order valence-corrected chi connectivity index (χ1v) is 25.8. The van der Waals surface area contributed by atoms with E-state index in [9.17, 15) is 71.9 Å². The van der Waals surface area contributed by atoms with E-state index in [0.717, 1.165) is 24.3 Å². The zero-order valence-corrected chi connectivity index (χ0v) is 44.0. The molecule has 0 bridgehead atoms. The van der Waals surface area contributed by atoms with Crippen LogP contribution < -0.4 is 21.7 Å². The standard InChI is InChI=1S/C23H24F3N5O7S.C16H15F3N2O6S.C7H11N3O2/c1-4-37-21(33)19-28-18(13-31(19)3)29-20(32)17-11-15(12-30(17)2)27-22(34)38-9-10-39(35,36)16-7-5-14(6-8-16)23(24,25)26;1-21-9-11(8-13(21)14(22)23)20-15(24)27-6-7-28(25,26)12-4-2-10(3-5-12)16(17,18)19;1-3-12-7(11)6-9-5(8)4-10(6)2/h5-8,11-13H,4,9-10H2,1-3H3,(H,27,34)(H,29,32);2-5,8-9H,6-7H2,1H3,(H,20,24)(H,22,23);4H,3,8H2,1-2H3. The number of carboxylic acids is 1.